The van der Waals surface area contributed by atoms with Crippen LogP contribution in [0.2, 0.25) is 0 Å². The van der Waals surface area contributed by atoms with Gasteiger partial charge in [0.1, 0.15) is 17.6 Å². The predicted octanol–water partition coefficient (Wildman–Crippen LogP) is 2.51. The van der Waals surface area contributed by atoms with Crippen LogP contribution in [0.3, 0.4) is 0 Å². The highest BCUT2D eigenvalue weighted by Crippen LogP contribution is 2.35. The summed E-state index contributed by atoms with van der Waals surface area (Å²) in [4.78, 5) is 14.4. The van der Waals surface area contributed by atoms with Crippen LogP contribution in [0.15, 0.2) is 12.1 Å². The third-order valence-corrected chi connectivity index (χ3v) is 4.67. The average molecular weight is 332 g/mol. The first-order chi connectivity index (χ1) is 11.7. The van der Waals surface area contributed by atoms with Crippen molar-refractivity contribution in [3.05, 3.63) is 23.3 Å². The molecule has 0 spiro atoms. The molecule has 132 valence electrons. The Morgan fingerprint density at radius 1 is 1.33 bits per heavy atom. The minimum atomic E-state index is 0.0779. The number of ether oxygens (including phenoxy) is 2. The first-order valence-corrected chi connectivity index (χ1v) is 9.10. The van der Waals surface area contributed by atoms with Gasteiger partial charge in [-0.3, -0.25) is 9.69 Å². The molecule has 1 amide bonds. The molecule has 1 fully saturated rings. The van der Waals surface area contributed by atoms with Gasteiger partial charge >= 0.3 is 0 Å². The molecule has 1 N–H and O–H groups in total. The van der Waals surface area contributed by atoms with Crippen molar-refractivity contribution in [2.45, 2.75) is 52.2 Å². The normalized spacial score (nSPS) is 20.3. The lowest BCUT2D eigenvalue weighted by Gasteiger charge is -2.25. The van der Waals surface area contributed by atoms with Crippen LogP contribution in [-0.2, 0) is 17.8 Å². The molecule has 5 heteroatoms. The zero-order valence-corrected chi connectivity index (χ0v) is 14.8. The van der Waals surface area contributed by atoms with Gasteiger partial charge in [-0.25, -0.2) is 0 Å². The number of piperidine rings is 1. The van der Waals surface area contributed by atoms with E-state index in [1.807, 2.05) is 13.0 Å². The lowest BCUT2D eigenvalue weighted by molar-refractivity contribution is -0.122. The maximum atomic E-state index is 12.2. The van der Waals surface area contributed by atoms with Crippen molar-refractivity contribution in [2.24, 2.45) is 0 Å². The fourth-order valence-electron chi connectivity index (χ4n) is 3.48. The van der Waals surface area contributed by atoms with E-state index in [2.05, 4.69) is 23.2 Å². The fraction of sp³-hybridized carbons (Fsp3) is 0.632. The quantitative estimate of drug-likeness (QED) is 0.870. The highest BCUT2D eigenvalue weighted by atomic mass is 16.5. The second-order valence-corrected chi connectivity index (χ2v) is 6.75. The number of likely N-dealkylation sites (tertiary alicyclic amines) is 1. The molecule has 0 bridgehead atoms. The van der Waals surface area contributed by atoms with Crippen molar-refractivity contribution in [1.29, 1.82) is 0 Å². The van der Waals surface area contributed by atoms with Gasteiger partial charge < -0.3 is 14.8 Å². The van der Waals surface area contributed by atoms with Gasteiger partial charge in [-0.1, -0.05) is 6.42 Å². The highest BCUT2D eigenvalue weighted by Gasteiger charge is 2.22. The number of nitrogens with zero attached hydrogens (tertiary/aromatic N) is 1. The Kier molecular flexibility index (Phi) is 5.61. The minimum Gasteiger partial charge on any atom is -0.494 e. The molecule has 0 aliphatic carbocycles. The molecule has 0 radical (unpaired) electrons. The molecule has 2 aliphatic rings. The molecular weight excluding hydrogens is 304 g/mol. The van der Waals surface area contributed by atoms with Crippen LogP contribution in [-0.4, -0.2) is 43.2 Å². The Bertz CT molecular complexity index is 582. The van der Waals surface area contributed by atoms with Crippen molar-refractivity contribution in [2.75, 3.05) is 26.2 Å². The summed E-state index contributed by atoms with van der Waals surface area (Å²) in [7, 11) is 0. The second kappa shape index (κ2) is 7.88. The largest absolute Gasteiger partial charge is 0.494 e. The summed E-state index contributed by atoms with van der Waals surface area (Å²) in [5.41, 5.74) is 2.17. The summed E-state index contributed by atoms with van der Waals surface area (Å²) >= 11 is 0. The van der Waals surface area contributed by atoms with E-state index in [4.69, 9.17) is 9.47 Å². The zero-order chi connectivity index (χ0) is 16.9. The van der Waals surface area contributed by atoms with Crippen LogP contribution in [0.25, 0.3) is 0 Å². The molecule has 2 aliphatic heterocycles. The number of rotatable bonds is 6. The average Bonchev–Trinajstić information content (AvgIpc) is 2.93. The third kappa shape index (κ3) is 4.20. The second-order valence-electron chi connectivity index (χ2n) is 6.75. The number of hydrogen-bond acceptors (Lipinski definition) is 4. The van der Waals surface area contributed by atoms with Crippen molar-refractivity contribution in [3.63, 3.8) is 0 Å². The number of hydrogen-bond donors (Lipinski definition) is 1. The molecule has 0 aromatic heterocycles. The van der Waals surface area contributed by atoms with Gasteiger partial charge in [-0.15, -0.1) is 0 Å². The van der Waals surface area contributed by atoms with E-state index in [0.717, 1.165) is 36.6 Å². The van der Waals surface area contributed by atoms with Crippen molar-refractivity contribution in [1.82, 2.24) is 10.2 Å². The monoisotopic (exact) mass is 332 g/mol. The lowest BCUT2D eigenvalue weighted by atomic mass is 10.1. The topological polar surface area (TPSA) is 50.8 Å². The number of carbonyl (C=O) groups excluding carboxylic acids is 1. The van der Waals surface area contributed by atoms with Gasteiger partial charge in [0.15, 0.2) is 0 Å². The van der Waals surface area contributed by atoms with Gasteiger partial charge in [0.2, 0.25) is 5.91 Å². The van der Waals surface area contributed by atoms with Gasteiger partial charge in [0.25, 0.3) is 0 Å². The molecule has 1 aromatic carbocycles. The van der Waals surface area contributed by atoms with Gasteiger partial charge in [-0.2, -0.15) is 0 Å². The van der Waals surface area contributed by atoms with E-state index in [1.165, 1.54) is 24.8 Å². The summed E-state index contributed by atoms with van der Waals surface area (Å²) in [6.45, 7) is 7.69. The summed E-state index contributed by atoms with van der Waals surface area (Å²) < 4.78 is 11.6. The van der Waals surface area contributed by atoms with Crippen molar-refractivity contribution in [3.8, 4) is 11.5 Å². The van der Waals surface area contributed by atoms with E-state index in [0.29, 0.717) is 19.7 Å². The number of benzene rings is 1. The van der Waals surface area contributed by atoms with Crippen LogP contribution in [0.5, 0.6) is 11.5 Å². The van der Waals surface area contributed by atoms with Crippen LogP contribution in [0.4, 0.5) is 0 Å². The molecular formula is C19H28N2O3. The molecule has 5 nitrogen and oxygen atoms in total. The van der Waals surface area contributed by atoms with E-state index < -0.39 is 0 Å². The zero-order valence-electron chi connectivity index (χ0n) is 14.8. The van der Waals surface area contributed by atoms with E-state index >= 15 is 0 Å². The van der Waals surface area contributed by atoms with Gasteiger partial charge in [-0.05, 0) is 51.9 Å². The van der Waals surface area contributed by atoms with Crippen molar-refractivity contribution >= 4 is 5.91 Å². The Morgan fingerprint density at radius 3 is 2.88 bits per heavy atom. The van der Waals surface area contributed by atoms with E-state index in [-0.39, 0.29) is 12.0 Å². The number of carbonyl (C=O) groups is 1. The molecule has 0 saturated carbocycles. The first-order valence-electron chi connectivity index (χ1n) is 9.10. The van der Waals surface area contributed by atoms with Crippen LogP contribution >= 0.6 is 0 Å². The lowest BCUT2D eigenvalue weighted by Crippen LogP contribution is -2.39. The Morgan fingerprint density at radius 2 is 2.12 bits per heavy atom. The number of nitrogens with one attached hydrogen (secondary N) is 1. The summed E-state index contributed by atoms with van der Waals surface area (Å²) in [5, 5.41) is 3.03. The van der Waals surface area contributed by atoms with Crippen LogP contribution < -0.4 is 14.8 Å². The molecule has 3 rings (SSSR count). The molecule has 1 aromatic rings. The maximum absolute atomic E-state index is 12.2. The fourth-order valence-corrected chi connectivity index (χ4v) is 3.48. The molecule has 1 saturated heterocycles. The number of amides is 1. The Balaban J connectivity index is 1.61. The van der Waals surface area contributed by atoms with Gasteiger partial charge in [0, 0.05) is 24.1 Å². The first kappa shape index (κ1) is 17.1. The third-order valence-electron chi connectivity index (χ3n) is 4.67. The minimum absolute atomic E-state index is 0.0779. The maximum Gasteiger partial charge on any atom is 0.234 e. The van der Waals surface area contributed by atoms with Crippen LogP contribution in [0, 0.1) is 0 Å². The van der Waals surface area contributed by atoms with E-state index in [1.54, 1.807) is 0 Å². The molecule has 0 unspecified atom stereocenters. The summed E-state index contributed by atoms with van der Waals surface area (Å²) in [6.07, 6.45) is 4.79. The van der Waals surface area contributed by atoms with Gasteiger partial charge in [0.05, 0.1) is 13.2 Å². The van der Waals surface area contributed by atoms with Crippen molar-refractivity contribution < 1.29 is 14.3 Å². The molecule has 2 heterocycles. The predicted molar refractivity (Wildman–Crippen MR) is 93.5 cm³/mol. The summed E-state index contributed by atoms with van der Waals surface area (Å²) in [6, 6.07) is 4.08. The molecule has 24 heavy (non-hydrogen) atoms. The number of fused-ring (bicyclic) bond motifs is 1. The highest BCUT2D eigenvalue weighted by molar-refractivity contribution is 5.78. The van der Waals surface area contributed by atoms with Crippen LogP contribution in [0.1, 0.15) is 44.2 Å². The smallest absolute Gasteiger partial charge is 0.234 e. The summed E-state index contributed by atoms with van der Waals surface area (Å²) in [5.74, 6) is 1.85. The molecule has 1 atom stereocenters. The standard InChI is InChI=1S/C19H28N2O3/c1-3-23-17-10-15-9-14(2)24-18(15)11-16(17)12-20-19(22)13-21-7-5-4-6-8-21/h10-11,14H,3-9,12-13H2,1-2H3,(H,20,22)/t14-/m0/s1. The Labute approximate surface area is 144 Å². The van der Waals surface area contributed by atoms with E-state index in [9.17, 15) is 4.79 Å². The Hall–Kier alpha value is -1.75. The SMILES string of the molecule is CCOc1cc2c(cc1CNC(=O)CN1CCCCC1)O[C@@H](C)C2.